The average molecular weight is 862 g/mol. The maximum absolute atomic E-state index is 13.8. The Bertz CT molecular complexity index is 2060. The zero-order chi connectivity index (χ0) is 44.3. The van der Waals surface area contributed by atoms with Crippen molar-refractivity contribution in [3.8, 4) is 11.3 Å². The number of aromatic nitrogens is 2. The molecule has 0 saturated carbocycles. The van der Waals surface area contributed by atoms with E-state index in [-0.39, 0.29) is 34.7 Å². The fourth-order valence-corrected chi connectivity index (χ4v) is 7.95. The third-order valence-corrected chi connectivity index (χ3v) is 11.5. The molecular formula is C51H67N5O7. The molecule has 12 heteroatoms. The van der Waals surface area contributed by atoms with Gasteiger partial charge in [0, 0.05) is 49.4 Å². The molecule has 6 rings (SSSR count). The number of fused-ring (bicyclic) bond motifs is 1. The zero-order valence-corrected chi connectivity index (χ0v) is 37.6. The van der Waals surface area contributed by atoms with Crippen LogP contribution in [0.5, 0.6) is 0 Å². The molecule has 1 aliphatic carbocycles. The summed E-state index contributed by atoms with van der Waals surface area (Å²) in [6, 6.07) is 22.0. The van der Waals surface area contributed by atoms with E-state index in [0.29, 0.717) is 82.6 Å². The van der Waals surface area contributed by atoms with Crippen molar-refractivity contribution in [3.05, 3.63) is 107 Å². The summed E-state index contributed by atoms with van der Waals surface area (Å²) >= 11 is 0. The molecule has 1 saturated heterocycles. The topological polar surface area (TPSA) is 141 Å². The van der Waals surface area contributed by atoms with Crippen molar-refractivity contribution in [2.75, 3.05) is 76.2 Å². The van der Waals surface area contributed by atoms with Gasteiger partial charge in [-0.1, -0.05) is 57.2 Å². The number of carbonyl (C=O) groups excluding carboxylic acids is 3. The van der Waals surface area contributed by atoms with Gasteiger partial charge in [0.1, 0.15) is 11.5 Å². The van der Waals surface area contributed by atoms with Gasteiger partial charge in [-0.15, -0.1) is 0 Å². The van der Waals surface area contributed by atoms with Crippen LogP contribution >= 0.6 is 0 Å². The van der Waals surface area contributed by atoms with Gasteiger partial charge in [0.2, 0.25) is 0 Å². The molecular weight excluding hydrogens is 795 g/mol. The maximum atomic E-state index is 13.8. The van der Waals surface area contributed by atoms with Crippen LogP contribution in [0.4, 0.5) is 11.4 Å². The third-order valence-electron chi connectivity index (χ3n) is 11.5. The molecule has 1 aliphatic heterocycles. The van der Waals surface area contributed by atoms with E-state index in [0.717, 1.165) is 81.3 Å². The first-order valence-electron chi connectivity index (χ1n) is 23.0. The predicted octanol–water partition coefficient (Wildman–Crippen LogP) is 8.98. The lowest BCUT2D eigenvalue weighted by atomic mass is 9.88. The number of aryl methyl sites for hydroxylation is 2. The molecule has 0 radical (unpaired) electrons. The Hall–Kier alpha value is -5.01. The number of nitrogens with zero attached hydrogens (tertiary/aromatic N) is 3. The summed E-state index contributed by atoms with van der Waals surface area (Å²) in [7, 11) is 0. The van der Waals surface area contributed by atoms with Gasteiger partial charge < -0.3 is 34.5 Å². The van der Waals surface area contributed by atoms with Crippen molar-refractivity contribution in [1.29, 1.82) is 0 Å². The number of amides is 2. The molecule has 338 valence electrons. The summed E-state index contributed by atoms with van der Waals surface area (Å²) in [5.74, 6) is -0.224. The van der Waals surface area contributed by atoms with Crippen molar-refractivity contribution >= 4 is 29.0 Å². The third kappa shape index (κ3) is 15.6. The molecule has 1 aromatic heterocycles. The predicted molar refractivity (Wildman–Crippen MR) is 247 cm³/mol. The largest absolute Gasteiger partial charge is 0.379 e. The summed E-state index contributed by atoms with van der Waals surface area (Å²) < 4.78 is 22.5. The molecule has 2 aliphatic rings. The van der Waals surface area contributed by atoms with Gasteiger partial charge in [-0.2, -0.15) is 0 Å². The summed E-state index contributed by atoms with van der Waals surface area (Å²) in [5, 5.41) is 6.32. The number of Topliss-reactive ketones (excluding diaryl/α,β-unsaturated/α-hetero) is 1. The lowest BCUT2D eigenvalue weighted by Crippen LogP contribution is -2.31. The molecule has 2 heterocycles. The van der Waals surface area contributed by atoms with Crippen LogP contribution in [0.3, 0.4) is 0 Å². The molecule has 63 heavy (non-hydrogen) atoms. The van der Waals surface area contributed by atoms with Crippen LogP contribution in [0.2, 0.25) is 0 Å². The lowest BCUT2D eigenvalue weighted by Gasteiger charge is -2.29. The Balaban J connectivity index is 0.928. The minimum atomic E-state index is -0.253. The number of piperidine rings is 1. The molecule has 12 nitrogen and oxygen atoms in total. The minimum Gasteiger partial charge on any atom is -0.379 e. The number of hydrogen-bond donors (Lipinski definition) is 2. The van der Waals surface area contributed by atoms with Crippen LogP contribution < -0.4 is 15.5 Å². The zero-order valence-electron chi connectivity index (χ0n) is 37.6. The number of nitrogens with one attached hydrogen (secondary N) is 2. The molecule has 2 amide bonds. The second-order valence-electron chi connectivity index (χ2n) is 17.7. The van der Waals surface area contributed by atoms with E-state index in [1.807, 2.05) is 42.5 Å². The van der Waals surface area contributed by atoms with Crippen LogP contribution in [0.15, 0.2) is 79.1 Å². The highest BCUT2D eigenvalue weighted by atomic mass is 16.6. The Labute approximate surface area is 373 Å². The Morgan fingerprint density at radius 3 is 2.19 bits per heavy atom. The minimum absolute atomic E-state index is 0.0571. The van der Waals surface area contributed by atoms with Crippen molar-refractivity contribution < 1.29 is 33.3 Å². The van der Waals surface area contributed by atoms with Crippen LogP contribution in [0.1, 0.15) is 122 Å². The van der Waals surface area contributed by atoms with E-state index in [2.05, 4.69) is 65.6 Å². The quantitative estimate of drug-likeness (QED) is 0.0656. The highest BCUT2D eigenvalue weighted by Crippen LogP contribution is 2.33. The molecule has 2 N–H and O–H groups in total. The Morgan fingerprint density at radius 1 is 0.730 bits per heavy atom. The first kappa shape index (κ1) is 47.5. The number of benzene rings is 3. The highest BCUT2D eigenvalue weighted by Gasteiger charge is 2.23. The first-order valence-corrected chi connectivity index (χ1v) is 23.0. The van der Waals surface area contributed by atoms with E-state index >= 15 is 0 Å². The number of carbonyl (C=O) groups is 3. The van der Waals surface area contributed by atoms with Crippen LogP contribution in [-0.2, 0) is 36.6 Å². The van der Waals surface area contributed by atoms with Gasteiger partial charge in [0.25, 0.3) is 11.8 Å². The van der Waals surface area contributed by atoms with E-state index < -0.39 is 0 Å². The van der Waals surface area contributed by atoms with Gasteiger partial charge in [-0.3, -0.25) is 19.4 Å². The number of rotatable bonds is 24. The van der Waals surface area contributed by atoms with Crippen LogP contribution in [-0.4, -0.2) is 93.5 Å². The Kier molecular flexibility index (Phi) is 18.6. The van der Waals surface area contributed by atoms with Crippen molar-refractivity contribution in [3.63, 3.8) is 0 Å². The monoisotopic (exact) mass is 862 g/mol. The molecule has 4 aromatic rings. The smallest absolute Gasteiger partial charge is 0.271 e. The fourth-order valence-electron chi connectivity index (χ4n) is 7.95. The van der Waals surface area contributed by atoms with Gasteiger partial charge in [-0.25, -0.2) is 4.98 Å². The molecule has 0 unspecified atom stereocenters. The second-order valence-corrected chi connectivity index (χ2v) is 17.7. The first-order chi connectivity index (χ1) is 30.6. The summed E-state index contributed by atoms with van der Waals surface area (Å²) in [5.41, 5.74) is 7.49. The second kappa shape index (κ2) is 24.7. The summed E-state index contributed by atoms with van der Waals surface area (Å²) in [6.45, 7) is 12.2. The summed E-state index contributed by atoms with van der Waals surface area (Å²) in [4.78, 5) is 50.7. The maximum Gasteiger partial charge on any atom is 0.271 e. The lowest BCUT2D eigenvalue weighted by molar-refractivity contribution is -0.120. The van der Waals surface area contributed by atoms with Crippen molar-refractivity contribution in [2.24, 2.45) is 5.41 Å². The number of hydrogen-bond acceptors (Lipinski definition) is 10. The molecule has 1 atom stereocenters. The summed E-state index contributed by atoms with van der Waals surface area (Å²) in [6.07, 6.45) is 13.1. The average Bonchev–Trinajstić information content (AvgIpc) is 3.30. The van der Waals surface area contributed by atoms with Gasteiger partial charge in [0.05, 0.1) is 76.1 Å². The van der Waals surface area contributed by atoms with Gasteiger partial charge in [-0.05, 0) is 110 Å². The highest BCUT2D eigenvalue weighted by molar-refractivity contribution is 6.06. The molecule has 0 spiro atoms. The number of ketones is 1. The van der Waals surface area contributed by atoms with E-state index in [1.165, 1.54) is 23.7 Å². The Morgan fingerprint density at radius 2 is 1.46 bits per heavy atom. The molecule has 1 fully saturated rings. The fraction of sp³-hybridized carbons (Fsp3) is 0.510. The molecule has 3 aromatic carbocycles. The van der Waals surface area contributed by atoms with E-state index in [9.17, 15) is 14.4 Å². The number of ether oxygens (including phenoxy) is 4. The molecule has 0 bridgehead atoms. The van der Waals surface area contributed by atoms with Crippen LogP contribution in [0, 0.1) is 5.41 Å². The normalized spacial score (nSPS) is 15.2. The number of anilines is 2. The SMILES string of the molecule is CC(C)(C)CCC(=O)CCOCCOCCOCCOCCCc1cccc(C(=O)Nc2ccc(N3CCCCC3)cc2-c2cnc(C(=O)N[C@H]3CCCc4ccccc43)cn2)c1. The van der Waals surface area contributed by atoms with E-state index in [4.69, 9.17) is 23.9 Å². The van der Waals surface area contributed by atoms with Crippen molar-refractivity contribution in [1.82, 2.24) is 15.3 Å². The van der Waals surface area contributed by atoms with Crippen LogP contribution in [0.25, 0.3) is 11.3 Å². The van der Waals surface area contributed by atoms with Crippen molar-refractivity contribution in [2.45, 2.75) is 97.4 Å². The van der Waals surface area contributed by atoms with Gasteiger partial charge >= 0.3 is 0 Å². The van der Waals surface area contributed by atoms with E-state index in [1.54, 1.807) is 6.20 Å². The standard InChI is InChI=1S/C51H67N5O7/c1-51(2,3)23-21-42(57)22-27-61-29-31-63-33-32-62-30-28-60-26-11-13-38-12-9-16-40(34-38)49(58)54-46-20-19-41(56-24-7-4-8-25-56)35-44(46)47-36-53-48(37-52-47)50(59)55-45-18-10-15-39-14-5-6-17-43(39)45/h5-6,9,12,14,16-17,19-20,34-37,45H,4,7-8,10-11,13,15,18,21-33H2,1-3H3,(H,54,58)(H,55,59)/t45-/m0/s1. The van der Waals surface area contributed by atoms with Gasteiger partial charge in [0.15, 0.2) is 0 Å².